The first-order chi connectivity index (χ1) is 3.68. The van der Waals surface area contributed by atoms with E-state index in [2.05, 4.69) is 0 Å². The lowest BCUT2D eigenvalue weighted by Gasteiger charge is -1.98. The van der Waals surface area contributed by atoms with E-state index in [9.17, 15) is 4.79 Å². The molecule has 3 heteroatoms. The van der Waals surface area contributed by atoms with Gasteiger partial charge in [-0.05, 0) is 18.6 Å². The molecule has 0 rings (SSSR count). The molecule has 0 atom stereocenters. The van der Waals surface area contributed by atoms with Crippen LogP contribution in [0.1, 0.15) is 6.92 Å². The van der Waals surface area contributed by atoms with E-state index >= 15 is 0 Å². The predicted octanol–water partition coefficient (Wildman–Crippen LogP) is -0.558. The number of carbonyl (C=O) groups excluding carboxylic acids is 1. The van der Waals surface area contributed by atoms with Gasteiger partial charge in [-0.2, -0.15) is 0 Å². The Balaban J connectivity index is 3.78. The fourth-order valence-electron chi connectivity index (χ4n) is 0.193. The Morgan fingerprint density at radius 3 is 2.25 bits per heavy atom. The van der Waals surface area contributed by atoms with Crippen molar-refractivity contribution in [2.24, 2.45) is 0 Å². The van der Waals surface area contributed by atoms with Crippen LogP contribution in [0.3, 0.4) is 0 Å². The molecule has 0 aliphatic heterocycles. The van der Waals surface area contributed by atoms with Gasteiger partial charge in [0.15, 0.2) is 6.29 Å². The fraction of sp³-hybridized carbons (Fsp3) is 0.400. The third-order valence-electron chi connectivity index (χ3n) is 0.738. The number of aliphatic hydroxyl groups excluding tert-OH is 1. The molecule has 0 radical (unpaired) electrons. The quantitative estimate of drug-likeness (QED) is 0.289. The van der Waals surface area contributed by atoms with Crippen LogP contribution in [-0.2, 0) is 4.79 Å². The molecule has 0 heterocycles. The van der Waals surface area contributed by atoms with Gasteiger partial charge in [-0.25, -0.2) is 0 Å². The van der Waals surface area contributed by atoms with Gasteiger partial charge in [-0.1, -0.05) is 0 Å². The Labute approximate surface area is 47.3 Å². The Hall–Kier alpha value is -0.670. The maximum atomic E-state index is 9.62. The summed E-state index contributed by atoms with van der Waals surface area (Å²) >= 11 is 0. The summed E-state index contributed by atoms with van der Waals surface area (Å²) in [4.78, 5) is 9.62. The maximum Gasteiger partial charge on any atom is 0.174 e. The lowest BCUT2D eigenvalue weighted by molar-refractivity contribution is -0.104. The Morgan fingerprint density at radius 1 is 1.62 bits per heavy atom. The van der Waals surface area contributed by atoms with Crippen molar-refractivity contribution >= 4 is 6.29 Å². The highest BCUT2D eigenvalue weighted by Gasteiger charge is 1.96. The van der Waals surface area contributed by atoms with Crippen LogP contribution in [0.4, 0.5) is 0 Å². The van der Waals surface area contributed by atoms with Crippen molar-refractivity contribution < 1.29 is 15.0 Å². The summed E-state index contributed by atoms with van der Waals surface area (Å²) in [7, 11) is 0. The smallest absolute Gasteiger partial charge is 0.174 e. The average molecular weight is 116 g/mol. The molecule has 0 bridgehead atoms. The molecule has 0 aliphatic carbocycles. The lowest BCUT2D eigenvalue weighted by Crippen LogP contribution is -2.05. The van der Waals surface area contributed by atoms with Crippen molar-refractivity contribution in [3.63, 3.8) is 0 Å². The largest absolute Gasteiger partial charge is 0.365 e. The predicted molar refractivity (Wildman–Crippen MR) is 28.0 cm³/mol. The monoisotopic (exact) mass is 116 g/mol. The van der Waals surface area contributed by atoms with E-state index in [0.29, 0.717) is 6.29 Å². The second-order valence-electron chi connectivity index (χ2n) is 1.42. The molecule has 0 aromatic rings. The van der Waals surface area contributed by atoms with Crippen LogP contribution in [0, 0.1) is 0 Å². The van der Waals surface area contributed by atoms with E-state index in [1.807, 2.05) is 0 Å². The zero-order valence-electron chi connectivity index (χ0n) is 4.53. The van der Waals surface area contributed by atoms with Gasteiger partial charge in [0.25, 0.3) is 0 Å². The second-order valence-corrected chi connectivity index (χ2v) is 1.42. The molecule has 0 saturated carbocycles. The lowest BCUT2D eigenvalue weighted by atomic mass is 10.3. The van der Waals surface area contributed by atoms with Crippen LogP contribution in [0.25, 0.3) is 0 Å². The highest BCUT2D eigenvalue weighted by molar-refractivity contribution is 5.66. The third-order valence-corrected chi connectivity index (χ3v) is 0.738. The summed E-state index contributed by atoms with van der Waals surface area (Å²) in [6.45, 7) is 1.46. The molecule has 0 saturated heterocycles. The Bertz CT molecular complexity index is 104. The maximum absolute atomic E-state index is 9.62. The number of hydrogen-bond acceptors (Lipinski definition) is 3. The minimum Gasteiger partial charge on any atom is -0.365 e. The zero-order chi connectivity index (χ0) is 6.57. The summed E-state index contributed by atoms with van der Waals surface area (Å²) < 4.78 is 0. The van der Waals surface area contributed by atoms with Gasteiger partial charge in [-0.3, -0.25) is 4.79 Å². The average Bonchev–Trinajstić information content (AvgIpc) is 1.67. The van der Waals surface area contributed by atoms with Gasteiger partial charge in [0.05, 0.1) is 0 Å². The van der Waals surface area contributed by atoms with Crippen molar-refractivity contribution in [1.82, 2.24) is 0 Å². The standard InChI is InChI=1S/C5H8O3/c1-4(2-3-6)5(7)8/h2-3,5,7-8H,1H3. The highest BCUT2D eigenvalue weighted by Crippen LogP contribution is 1.93. The van der Waals surface area contributed by atoms with Gasteiger partial charge in [0, 0.05) is 0 Å². The number of aldehydes is 1. The highest BCUT2D eigenvalue weighted by atomic mass is 16.5. The van der Waals surface area contributed by atoms with Crippen molar-refractivity contribution in [2.75, 3.05) is 0 Å². The van der Waals surface area contributed by atoms with E-state index < -0.39 is 6.29 Å². The van der Waals surface area contributed by atoms with Crippen LogP contribution >= 0.6 is 0 Å². The van der Waals surface area contributed by atoms with Crippen LogP contribution < -0.4 is 0 Å². The van der Waals surface area contributed by atoms with Crippen LogP contribution in [-0.4, -0.2) is 22.8 Å². The van der Waals surface area contributed by atoms with Crippen molar-refractivity contribution in [3.8, 4) is 0 Å². The molecule has 0 aliphatic rings. The van der Waals surface area contributed by atoms with E-state index in [-0.39, 0.29) is 5.57 Å². The molecule has 8 heavy (non-hydrogen) atoms. The van der Waals surface area contributed by atoms with E-state index in [1.54, 1.807) is 0 Å². The summed E-state index contributed by atoms with van der Waals surface area (Å²) in [5.74, 6) is 0. The van der Waals surface area contributed by atoms with Crippen LogP contribution in [0.2, 0.25) is 0 Å². The molecule has 0 fully saturated rings. The zero-order valence-corrected chi connectivity index (χ0v) is 4.53. The molecule has 2 N–H and O–H groups in total. The van der Waals surface area contributed by atoms with Gasteiger partial charge >= 0.3 is 0 Å². The Kier molecular flexibility index (Phi) is 3.07. The molecular weight excluding hydrogens is 108 g/mol. The van der Waals surface area contributed by atoms with E-state index in [4.69, 9.17) is 10.2 Å². The van der Waals surface area contributed by atoms with Gasteiger partial charge < -0.3 is 10.2 Å². The number of aliphatic hydroxyl groups is 2. The first-order valence-corrected chi connectivity index (χ1v) is 2.16. The van der Waals surface area contributed by atoms with Crippen molar-refractivity contribution in [3.05, 3.63) is 11.6 Å². The third kappa shape index (κ3) is 2.49. The second kappa shape index (κ2) is 3.35. The van der Waals surface area contributed by atoms with Crippen molar-refractivity contribution in [1.29, 1.82) is 0 Å². The first-order valence-electron chi connectivity index (χ1n) is 2.16. The number of rotatable bonds is 2. The van der Waals surface area contributed by atoms with Gasteiger partial charge in [-0.15, -0.1) is 0 Å². The molecule has 0 spiro atoms. The fourth-order valence-corrected chi connectivity index (χ4v) is 0.193. The van der Waals surface area contributed by atoms with E-state index in [1.165, 1.54) is 6.92 Å². The molecular formula is C5H8O3. The summed E-state index contributed by atoms with van der Waals surface area (Å²) in [6, 6.07) is 0. The molecule has 0 aromatic heterocycles. The molecule has 0 amide bonds. The first kappa shape index (κ1) is 7.33. The van der Waals surface area contributed by atoms with Gasteiger partial charge in [0.2, 0.25) is 0 Å². The normalized spacial score (nSPS) is 12.2. The minimum absolute atomic E-state index is 0.250. The molecule has 0 aromatic carbocycles. The van der Waals surface area contributed by atoms with Gasteiger partial charge in [0.1, 0.15) is 6.29 Å². The van der Waals surface area contributed by atoms with Crippen molar-refractivity contribution in [2.45, 2.75) is 13.2 Å². The molecule has 0 unspecified atom stereocenters. The van der Waals surface area contributed by atoms with Crippen LogP contribution in [0.15, 0.2) is 11.6 Å². The topological polar surface area (TPSA) is 57.5 Å². The number of carbonyl (C=O) groups is 1. The van der Waals surface area contributed by atoms with Crippen LogP contribution in [0.5, 0.6) is 0 Å². The number of allylic oxidation sites excluding steroid dienone is 1. The Morgan fingerprint density at radius 2 is 2.12 bits per heavy atom. The minimum atomic E-state index is -1.50. The SMILES string of the molecule is CC(=CC=O)C(O)O. The van der Waals surface area contributed by atoms with E-state index in [0.717, 1.165) is 6.08 Å². The summed E-state index contributed by atoms with van der Waals surface area (Å²) in [5.41, 5.74) is 0.250. The summed E-state index contributed by atoms with van der Waals surface area (Å²) in [5, 5.41) is 16.6. The molecule has 46 valence electrons. The number of hydrogen-bond donors (Lipinski definition) is 2. The summed E-state index contributed by atoms with van der Waals surface area (Å²) in [6.07, 6.45) is 0.111. The molecule has 3 nitrogen and oxygen atoms in total.